The second kappa shape index (κ2) is 8.84. The van der Waals surface area contributed by atoms with Crippen LogP contribution in [0, 0.1) is 23.7 Å². The Morgan fingerprint density at radius 1 is 0.938 bits per heavy atom. The van der Waals surface area contributed by atoms with Crippen LogP contribution in [0.3, 0.4) is 0 Å². The first kappa shape index (κ1) is 15.7. The Morgan fingerprint density at radius 2 is 1.56 bits per heavy atom. The fourth-order valence-electron chi connectivity index (χ4n) is 1.97. The average Bonchev–Trinajstić information content (AvgIpc) is 2.27. The highest BCUT2D eigenvalue weighted by molar-refractivity contribution is 4.94. The van der Waals surface area contributed by atoms with Gasteiger partial charge in [-0.15, -0.1) is 0 Å². The van der Waals surface area contributed by atoms with Crippen LogP contribution in [0.2, 0.25) is 0 Å². The maximum Gasteiger partial charge on any atom is -0.0210 e. The van der Waals surface area contributed by atoms with Gasteiger partial charge in [0.15, 0.2) is 0 Å². The van der Waals surface area contributed by atoms with Crippen molar-refractivity contribution in [1.29, 1.82) is 0 Å². The Hall–Kier alpha value is -0.260. The molecule has 96 valence electrons. The van der Waals surface area contributed by atoms with E-state index in [1.165, 1.54) is 25.7 Å². The Labute approximate surface area is 104 Å². The number of unbranched alkanes of at least 4 members (excludes halogenated alkanes) is 1. The van der Waals surface area contributed by atoms with Crippen LogP contribution >= 0.6 is 0 Å². The van der Waals surface area contributed by atoms with Crippen LogP contribution < -0.4 is 0 Å². The number of allylic oxidation sites excluding steroid dienone is 2. The summed E-state index contributed by atoms with van der Waals surface area (Å²) in [6, 6.07) is 0. The predicted octanol–water partition coefficient (Wildman–Crippen LogP) is 5.69. The fourth-order valence-corrected chi connectivity index (χ4v) is 1.97. The van der Waals surface area contributed by atoms with E-state index in [2.05, 4.69) is 53.7 Å². The molecule has 0 aromatic carbocycles. The Balaban J connectivity index is 4.21. The third kappa shape index (κ3) is 6.35. The molecule has 0 aromatic heterocycles. The minimum Gasteiger partial charge on any atom is -0.0851 e. The van der Waals surface area contributed by atoms with Gasteiger partial charge in [0.1, 0.15) is 0 Å². The molecule has 0 aliphatic rings. The van der Waals surface area contributed by atoms with Crippen LogP contribution in [0.4, 0.5) is 0 Å². The third-order valence-corrected chi connectivity index (χ3v) is 3.95. The van der Waals surface area contributed by atoms with Crippen LogP contribution in [0.5, 0.6) is 0 Å². The van der Waals surface area contributed by atoms with Gasteiger partial charge in [-0.1, -0.05) is 73.0 Å². The van der Waals surface area contributed by atoms with E-state index in [1.807, 2.05) is 0 Å². The largest absolute Gasteiger partial charge is 0.0851 e. The summed E-state index contributed by atoms with van der Waals surface area (Å²) in [7, 11) is 0. The van der Waals surface area contributed by atoms with E-state index < -0.39 is 0 Å². The first-order valence-corrected chi connectivity index (χ1v) is 7.21. The lowest BCUT2D eigenvalue weighted by Gasteiger charge is -2.19. The zero-order valence-electron chi connectivity index (χ0n) is 12.3. The van der Waals surface area contributed by atoms with E-state index in [0.29, 0.717) is 0 Å². The van der Waals surface area contributed by atoms with Gasteiger partial charge in [0.25, 0.3) is 0 Å². The maximum absolute atomic E-state index is 2.48. The van der Waals surface area contributed by atoms with Gasteiger partial charge < -0.3 is 0 Å². The molecule has 0 heterocycles. The summed E-state index contributed by atoms with van der Waals surface area (Å²) >= 11 is 0. The van der Waals surface area contributed by atoms with Gasteiger partial charge in [0.2, 0.25) is 0 Å². The highest BCUT2D eigenvalue weighted by atomic mass is 14.2. The second-order valence-corrected chi connectivity index (χ2v) is 5.68. The summed E-state index contributed by atoms with van der Waals surface area (Å²) in [6.07, 6.45) is 10.3. The lowest BCUT2D eigenvalue weighted by atomic mass is 9.87. The molecular weight excluding hydrogens is 192 g/mol. The summed E-state index contributed by atoms with van der Waals surface area (Å²) in [5.74, 6) is 3.11. The second-order valence-electron chi connectivity index (χ2n) is 5.68. The Morgan fingerprint density at radius 3 is 2.00 bits per heavy atom. The van der Waals surface area contributed by atoms with E-state index in [-0.39, 0.29) is 0 Å². The van der Waals surface area contributed by atoms with Crippen molar-refractivity contribution < 1.29 is 0 Å². The molecule has 0 heteroatoms. The SMILES string of the molecule is CCCCC(C=CC(C)C(C)CC)C(C)C. The van der Waals surface area contributed by atoms with Gasteiger partial charge in [-0.2, -0.15) is 0 Å². The Kier molecular flexibility index (Phi) is 8.70. The van der Waals surface area contributed by atoms with Gasteiger partial charge in [-0.3, -0.25) is 0 Å². The quantitative estimate of drug-likeness (QED) is 0.465. The van der Waals surface area contributed by atoms with E-state index in [9.17, 15) is 0 Å². The highest BCUT2D eigenvalue weighted by Gasteiger charge is 2.11. The summed E-state index contributed by atoms with van der Waals surface area (Å²) in [5.41, 5.74) is 0. The van der Waals surface area contributed by atoms with Gasteiger partial charge in [-0.05, 0) is 30.1 Å². The zero-order chi connectivity index (χ0) is 12.6. The minimum atomic E-state index is 0.730. The van der Waals surface area contributed by atoms with Crippen molar-refractivity contribution in [3.63, 3.8) is 0 Å². The molecule has 0 saturated carbocycles. The molecule has 0 nitrogen and oxygen atoms in total. The van der Waals surface area contributed by atoms with Crippen molar-refractivity contribution in [3.8, 4) is 0 Å². The van der Waals surface area contributed by atoms with Crippen molar-refractivity contribution in [2.75, 3.05) is 0 Å². The maximum atomic E-state index is 2.48. The fraction of sp³-hybridized carbons (Fsp3) is 0.875. The molecule has 0 rings (SSSR count). The lowest BCUT2D eigenvalue weighted by molar-refractivity contribution is 0.409. The summed E-state index contributed by atoms with van der Waals surface area (Å²) < 4.78 is 0. The van der Waals surface area contributed by atoms with E-state index in [1.54, 1.807) is 0 Å². The first-order chi connectivity index (χ1) is 7.52. The van der Waals surface area contributed by atoms with Gasteiger partial charge >= 0.3 is 0 Å². The molecule has 0 aromatic rings. The van der Waals surface area contributed by atoms with Crippen LogP contribution in [0.15, 0.2) is 12.2 Å². The summed E-state index contributed by atoms with van der Waals surface area (Å²) in [4.78, 5) is 0. The molecule has 0 saturated heterocycles. The normalized spacial score (nSPS) is 17.9. The van der Waals surface area contributed by atoms with Crippen LogP contribution in [-0.4, -0.2) is 0 Å². The first-order valence-electron chi connectivity index (χ1n) is 7.21. The monoisotopic (exact) mass is 224 g/mol. The van der Waals surface area contributed by atoms with Crippen molar-refractivity contribution in [1.82, 2.24) is 0 Å². The molecule has 3 unspecified atom stereocenters. The molecule has 3 atom stereocenters. The third-order valence-electron chi connectivity index (χ3n) is 3.95. The molecule has 0 N–H and O–H groups in total. The molecule has 0 radical (unpaired) electrons. The topological polar surface area (TPSA) is 0 Å². The van der Waals surface area contributed by atoms with Crippen LogP contribution in [0.25, 0.3) is 0 Å². The van der Waals surface area contributed by atoms with Crippen LogP contribution in [0.1, 0.15) is 67.2 Å². The smallest absolute Gasteiger partial charge is 0.0210 e. The number of rotatable bonds is 8. The van der Waals surface area contributed by atoms with Crippen molar-refractivity contribution in [2.45, 2.75) is 67.2 Å². The van der Waals surface area contributed by atoms with Gasteiger partial charge in [-0.25, -0.2) is 0 Å². The van der Waals surface area contributed by atoms with Crippen LogP contribution in [-0.2, 0) is 0 Å². The highest BCUT2D eigenvalue weighted by Crippen LogP contribution is 2.22. The van der Waals surface area contributed by atoms with E-state index in [4.69, 9.17) is 0 Å². The number of hydrogen-bond donors (Lipinski definition) is 0. The van der Waals surface area contributed by atoms with Gasteiger partial charge in [0.05, 0.1) is 0 Å². The van der Waals surface area contributed by atoms with Crippen molar-refractivity contribution in [3.05, 3.63) is 12.2 Å². The molecule has 0 aliphatic carbocycles. The molecule has 0 fully saturated rings. The minimum absolute atomic E-state index is 0.730. The molecule has 0 spiro atoms. The predicted molar refractivity (Wildman–Crippen MR) is 75.6 cm³/mol. The molecule has 0 amide bonds. The molecule has 0 aliphatic heterocycles. The summed E-state index contributed by atoms with van der Waals surface area (Å²) in [5, 5.41) is 0. The van der Waals surface area contributed by atoms with Crippen molar-refractivity contribution in [2.24, 2.45) is 23.7 Å². The standard InChI is InChI=1S/C16H32/c1-7-9-10-16(13(3)4)12-11-15(6)14(5)8-2/h11-16H,7-10H2,1-6H3. The van der Waals surface area contributed by atoms with Gasteiger partial charge in [0, 0.05) is 0 Å². The molecule has 16 heavy (non-hydrogen) atoms. The molecule has 0 bridgehead atoms. The lowest BCUT2D eigenvalue weighted by Crippen LogP contribution is -2.08. The average molecular weight is 224 g/mol. The van der Waals surface area contributed by atoms with E-state index >= 15 is 0 Å². The summed E-state index contributed by atoms with van der Waals surface area (Å²) in [6.45, 7) is 14.0. The van der Waals surface area contributed by atoms with Crippen molar-refractivity contribution >= 4 is 0 Å². The zero-order valence-corrected chi connectivity index (χ0v) is 12.3. The Bertz CT molecular complexity index is 178. The van der Waals surface area contributed by atoms with E-state index in [0.717, 1.165) is 23.7 Å². The molecular formula is C16H32. The number of hydrogen-bond acceptors (Lipinski definition) is 0.